The Bertz CT molecular complexity index is 797. The molecular formula is C10H9N5O4S. The number of carboxylic acid groups (broad SMARTS) is 1. The van der Waals surface area contributed by atoms with Crippen molar-refractivity contribution in [1.82, 2.24) is 24.7 Å². The predicted molar refractivity (Wildman–Crippen MR) is 68.0 cm³/mol. The molecule has 2 heterocycles. The number of carboxylic acids is 1. The Kier molecular flexibility index (Phi) is 3.66. The highest BCUT2D eigenvalue weighted by Gasteiger charge is 2.12. The fraction of sp³-hybridized carbons (Fsp3) is 0.200. The summed E-state index contributed by atoms with van der Waals surface area (Å²) in [6.45, 7) is 1.54. The maximum absolute atomic E-state index is 11.2. The number of nitrogens with zero attached hydrogens (tertiary/aromatic N) is 4. The van der Waals surface area contributed by atoms with Crippen LogP contribution in [0.3, 0.4) is 0 Å². The van der Waals surface area contributed by atoms with Gasteiger partial charge in [0.15, 0.2) is 10.3 Å². The summed E-state index contributed by atoms with van der Waals surface area (Å²) in [5, 5.41) is 11.6. The zero-order chi connectivity index (χ0) is 14.9. The average Bonchev–Trinajstić information content (AvgIpc) is 2.35. The van der Waals surface area contributed by atoms with Crippen LogP contribution in [0.1, 0.15) is 16.1 Å². The van der Waals surface area contributed by atoms with Crippen LogP contribution in [0.5, 0.6) is 0 Å². The number of H-pyrrole nitrogens is 1. The molecule has 0 saturated carbocycles. The van der Waals surface area contributed by atoms with Crippen molar-refractivity contribution in [3.05, 3.63) is 38.2 Å². The van der Waals surface area contributed by atoms with Gasteiger partial charge in [-0.3, -0.25) is 19.4 Å². The van der Waals surface area contributed by atoms with Gasteiger partial charge < -0.3 is 5.11 Å². The number of hydrogen-bond acceptors (Lipinski definition) is 7. The van der Waals surface area contributed by atoms with Crippen LogP contribution in [0.15, 0.2) is 26.1 Å². The van der Waals surface area contributed by atoms with Crippen LogP contribution in [-0.2, 0) is 7.05 Å². The summed E-state index contributed by atoms with van der Waals surface area (Å²) in [6, 6.07) is 0. The van der Waals surface area contributed by atoms with E-state index in [1.54, 1.807) is 0 Å². The van der Waals surface area contributed by atoms with Crippen LogP contribution in [0.25, 0.3) is 0 Å². The molecule has 10 heteroatoms. The van der Waals surface area contributed by atoms with E-state index < -0.39 is 17.1 Å². The van der Waals surface area contributed by atoms with Crippen LogP contribution in [-0.4, -0.2) is 35.8 Å². The van der Waals surface area contributed by atoms with Gasteiger partial charge in [-0.2, -0.15) is 4.98 Å². The summed E-state index contributed by atoms with van der Waals surface area (Å²) in [6.07, 6.45) is 1.18. The largest absolute Gasteiger partial charge is 0.478 e. The van der Waals surface area contributed by atoms with Gasteiger partial charge in [-0.25, -0.2) is 14.8 Å². The number of aromatic amines is 1. The molecule has 2 aromatic heterocycles. The fourth-order valence-corrected chi connectivity index (χ4v) is 2.10. The maximum atomic E-state index is 11.2. The maximum Gasteiger partial charge on any atom is 0.339 e. The molecule has 0 unspecified atom stereocenters. The Labute approximate surface area is 115 Å². The van der Waals surface area contributed by atoms with Crippen molar-refractivity contribution in [2.75, 3.05) is 0 Å². The number of aromatic nitrogens is 5. The van der Waals surface area contributed by atoms with Crippen LogP contribution >= 0.6 is 11.8 Å². The number of aryl methyl sites for hydroxylation is 2. The van der Waals surface area contributed by atoms with E-state index >= 15 is 0 Å². The first-order chi connectivity index (χ1) is 9.38. The SMILES string of the molecule is Cc1nc(Sc2nc(=O)c(=O)[nH]n2C)ncc1C(=O)O. The molecule has 0 radical (unpaired) electrons. The zero-order valence-corrected chi connectivity index (χ0v) is 11.3. The van der Waals surface area contributed by atoms with Gasteiger partial charge in [0, 0.05) is 13.2 Å². The van der Waals surface area contributed by atoms with Gasteiger partial charge in [0.2, 0.25) is 0 Å². The van der Waals surface area contributed by atoms with Crippen molar-refractivity contribution in [1.29, 1.82) is 0 Å². The van der Waals surface area contributed by atoms with Crippen LogP contribution in [0.4, 0.5) is 0 Å². The minimum Gasteiger partial charge on any atom is -0.478 e. The third-order valence-electron chi connectivity index (χ3n) is 2.32. The highest BCUT2D eigenvalue weighted by molar-refractivity contribution is 7.99. The predicted octanol–water partition coefficient (Wildman–Crippen LogP) is -0.584. The van der Waals surface area contributed by atoms with Gasteiger partial charge >= 0.3 is 17.1 Å². The average molecular weight is 295 g/mol. The van der Waals surface area contributed by atoms with E-state index in [0.717, 1.165) is 11.8 Å². The van der Waals surface area contributed by atoms with Crippen molar-refractivity contribution in [2.24, 2.45) is 7.05 Å². The van der Waals surface area contributed by atoms with E-state index in [-0.39, 0.29) is 15.9 Å². The molecule has 2 N–H and O–H groups in total. The molecule has 2 aromatic rings. The number of hydrogen-bond donors (Lipinski definition) is 2. The van der Waals surface area contributed by atoms with E-state index in [9.17, 15) is 14.4 Å². The molecule has 0 spiro atoms. The van der Waals surface area contributed by atoms with Crippen LogP contribution < -0.4 is 11.1 Å². The third kappa shape index (κ3) is 2.74. The van der Waals surface area contributed by atoms with Crippen molar-refractivity contribution < 1.29 is 9.90 Å². The fourth-order valence-electron chi connectivity index (χ4n) is 1.34. The topological polar surface area (TPSA) is 131 Å². The molecule has 20 heavy (non-hydrogen) atoms. The van der Waals surface area contributed by atoms with Crippen molar-refractivity contribution >= 4 is 17.7 Å². The minimum atomic E-state index is -1.12. The lowest BCUT2D eigenvalue weighted by Gasteiger charge is -2.05. The quantitative estimate of drug-likeness (QED) is 0.567. The van der Waals surface area contributed by atoms with Crippen LogP contribution in [0.2, 0.25) is 0 Å². The standard InChI is InChI=1S/C10H9N5O4S/c1-4-5(8(18)19)3-11-9(12-4)20-10-13-6(16)7(17)14-15(10)2/h3H,1-2H3,(H,14,17)(H,18,19). The molecular weight excluding hydrogens is 286 g/mol. The molecule has 9 nitrogen and oxygen atoms in total. The van der Waals surface area contributed by atoms with Gasteiger partial charge in [0.25, 0.3) is 0 Å². The molecule has 0 fully saturated rings. The van der Waals surface area contributed by atoms with Crippen molar-refractivity contribution in [3.8, 4) is 0 Å². The first kappa shape index (κ1) is 13.9. The second-order valence-electron chi connectivity index (χ2n) is 3.76. The Balaban J connectivity index is 2.38. The molecule has 104 valence electrons. The lowest BCUT2D eigenvalue weighted by molar-refractivity contribution is 0.0695. The van der Waals surface area contributed by atoms with Gasteiger partial charge in [-0.15, -0.1) is 0 Å². The summed E-state index contributed by atoms with van der Waals surface area (Å²) in [7, 11) is 1.51. The number of nitrogens with one attached hydrogen (secondary N) is 1. The van der Waals surface area contributed by atoms with E-state index in [0.29, 0.717) is 5.69 Å². The lowest BCUT2D eigenvalue weighted by Crippen LogP contribution is -2.33. The normalized spacial score (nSPS) is 10.5. The van der Waals surface area contributed by atoms with Crippen LogP contribution in [0, 0.1) is 6.92 Å². The summed E-state index contributed by atoms with van der Waals surface area (Å²) in [4.78, 5) is 44.6. The van der Waals surface area contributed by atoms with E-state index in [1.807, 2.05) is 0 Å². The molecule has 2 rings (SSSR count). The van der Waals surface area contributed by atoms with Crippen molar-refractivity contribution in [2.45, 2.75) is 17.2 Å². The molecule has 0 amide bonds. The Morgan fingerprint density at radius 1 is 1.40 bits per heavy atom. The van der Waals surface area contributed by atoms with E-state index in [4.69, 9.17) is 5.11 Å². The Hall–Kier alpha value is -2.49. The third-order valence-corrected chi connectivity index (χ3v) is 3.24. The number of aromatic carboxylic acids is 1. The zero-order valence-electron chi connectivity index (χ0n) is 10.4. The van der Waals surface area contributed by atoms with Gasteiger partial charge in [0.1, 0.15) is 0 Å². The highest BCUT2D eigenvalue weighted by atomic mass is 32.2. The second kappa shape index (κ2) is 5.25. The monoisotopic (exact) mass is 295 g/mol. The summed E-state index contributed by atoms with van der Waals surface area (Å²) < 4.78 is 1.26. The first-order valence-corrected chi connectivity index (χ1v) is 6.12. The Morgan fingerprint density at radius 2 is 2.10 bits per heavy atom. The summed E-state index contributed by atoms with van der Waals surface area (Å²) in [5.41, 5.74) is -1.44. The van der Waals surface area contributed by atoms with Gasteiger partial charge in [-0.1, -0.05) is 0 Å². The van der Waals surface area contributed by atoms with Gasteiger partial charge in [0.05, 0.1) is 11.3 Å². The molecule has 0 aliphatic carbocycles. The summed E-state index contributed by atoms with van der Waals surface area (Å²) >= 11 is 0.938. The molecule has 0 bridgehead atoms. The molecule has 0 aliphatic rings. The van der Waals surface area contributed by atoms with Gasteiger partial charge in [-0.05, 0) is 18.7 Å². The molecule has 0 saturated heterocycles. The Morgan fingerprint density at radius 3 is 2.70 bits per heavy atom. The molecule has 0 aromatic carbocycles. The van der Waals surface area contributed by atoms with E-state index in [2.05, 4.69) is 20.1 Å². The first-order valence-electron chi connectivity index (χ1n) is 5.30. The molecule has 0 aliphatic heterocycles. The smallest absolute Gasteiger partial charge is 0.339 e. The number of rotatable bonds is 3. The van der Waals surface area contributed by atoms with Crippen molar-refractivity contribution in [3.63, 3.8) is 0 Å². The second-order valence-corrected chi connectivity index (χ2v) is 4.69. The molecule has 0 atom stereocenters. The lowest BCUT2D eigenvalue weighted by atomic mass is 10.2. The van der Waals surface area contributed by atoms with E-state index in [1.165, 1.54) is 24.9 Å². The highest BCUT2D eigenvalue weighted by Crippen LogP contribution is 2.20. The minimum absolute atomic E-state index is 0.00216. The summed E-state index contributed by atoms with van der Waals surface area (Å²) in [5.74, 6) is -1.12. The number of carbonyl (C=O) groups is 1.